The average Bonchev–Trinajstić information content (AvgIpc) is 1.25. The fourth-order valence-electron chi connectivity index (χ4n) is 0. The number of rotatable bonds is 0. The van der Waals surface area contributed by atoms with Crippen LogP contribution in [0.5, 0.6) is 0 Å². The normalized spacial score (nSPS) is 8.82. The second kappa shape index (κ2) is 24.3. The van der Waals surface area contributed by atoms with E-state index in [9.17, 15) is 0 Å². The summed E-state index contributed by atoms with van der Waals surface area (Å²) in [6.07, 6.45) is 0. The summed E-state index contributed by atoms with van der Waals surface area (Å²) in [7, 11) is 0. The molecule has 0 saturated carbocycles. The van der Waals surface area contributed by atoms with E-state index in [2.05, 4.69) is 0 Å². The Hall–Kier alpha value is 5.05. The summed E-state index contributed by atoms with van der Waals surface area (Å²) >= 11 is -5.97. The van der Waals surface area contributed by atoms with Crippen LogP contribution in [0.2, 0.25) is 0 Å². The summed E-state index contributed by atoms with van der Waals surface area (Å²) in [5.74, 6) is 0. The van der Waals surface area contributed by atoms with Gasteiger partial charge in [-0.2, -0.15) is 0 Å². The van der Waals surface area contributed by atoms with Crippen LogP contribution in [0.1, 0.15) is 0 Å². The molecule has 0 rings (SSSR count). The Morgan fingerprint density at radius 2 is 0.909 bits per heavy atom. The molecule has 0 spiro atoms. The molecular formula is HK3O6S2. The van der Waals surface area contributed by atoms with Gasteiger partial charge in [0.1, 0.15) is 0 Å². The average molecular weight is 278 g/mol. The molecule has 0 aromatic heterocycles. The first-order chi connectivity index (χ1) is 3.46. The molecule has 0 aliphatic carbocycles. The van der Waals surface area contributed by atoms with Crippen LogP contribution in [0.25, 0.3) is 0 Å². The molecule has 0 aliphatic heterocycles. The second-order valence-electron chi connectivity index (χ2n) is 0.421. The van der Waals surface area contributed by atoms with E-state index in [0.717, 1.165) is 0 Å². The van der Waals surface area contributed by atoms with Crippen molar-refractivity contribution in [1.29, 1.82) is 0 Å². The Labute approximate surface area is 197 Å². The van der Waals surface area contributed by atoms with Crippen molar-refractivity contribution in [3.05, 3.63) is 0 Å². The molecule has 0 radical (unpaired) electrons. The molecule has 1 atom stereocenters. The third-order valence-electron chi connectivity index (χ3n) is 0. The smallest absolute Gasteiger partial charge is 0.784 e. The van der Waals surface area contributed by atoms with Crippen LogP contribution in [-0.2, 0) is 22.7 Å². The molecule has 0 heterocycles. The number of hydrogen-bond acceptors (Lipinski definition) is 5. The Morgan fingerprint density at radius 1 is 0.909 bits per heavy atom. The van der Waals surface area contributed by atoms with E-state index in [1.54, 1.807) is 0 Å². The largest absolute Gasteiger partial charge is 1.00 e. The number of hydrogen-bond donors (Lipinski definition) is 1. The Morgan fingerprint density at radius 3 is 0.909 bits per heavy atom. The van der Waals surface area contributed by atoms with Crippen LogP contribution in [0.4, 0.5) is 0 Å². The second-order valence-corrected chi connectivity index (χ2v) is 1.26. The van der Waals surface area contributed by atoms with E-state index in [1.807, 2.05) is 0 Å². The van der Waals surface area contributed by atoms with Crippen LogP contribution in [0.15, 0.2) is 0 Å². The summed E-state index contributed by atoms with van der Waals surface area (Å²) in [6.45, 7) is 0. The third kappa shape index (κ3) is 101. The molecule has 6 nitrogen and oxygen atoms in total. The standard InChI is InChI=1S/3K.2H2O3S/c;;;2*1-4(2)3/h;;;2*(H2,1,2,3)/q3*+1;;/p-3. The molecule has 0 amide bonds. The predicted octanol–water partition coefficient (Wildman–Crippen LogP) is -10.7. The van der Waals surface area contributed by atoms with E-state index in [1.165, 1.54) is 0 Å². The van der Waals surface area contributed by atoms with E-state index in [-0.39, 0.29) is 154 Å². The quantitative estimate of drug-likeness (QED) is 0.347. The molecule has 0 aromatic rings. The predicted molar refractivity (Wildman–Crippen MR) is 21.2 cm³/mol. The maximum Gasteiger partial charge on any atom is 1.00 e. The van der Waals surface area contributed by atoms with E-state index in [4.69, 9.17) is 26.6 Å². The molecule has 11 heavy (non-hydrogen) atoms. The Kier molecular flexibility index (Phi) is 65.9. The molecule has 0 aromatic carbocycles. The Balaban J connectivity index is -0.0000000171. The van der Waals surface area contributed by atoms with Crippen molar-refractivity contribution < 1.29 is 181 Å². The van der Waals surface area contributed by atoms with Crippen molar-refractivity contribution in [1.82, 2.24) is 0 Å². The maximum atomic E-state index is 8.56. The summed E-state index contributed by atoms with van der Waals surface area (Å²) in [4.78, 5) is 0. The van der Waals surface area contributed by atoms with Crippen molar-refractivity contribution in [2.24, 2.45) is 0 Å². The molecule has 0 saturated heterocycles. The van der Waals surface area contributed by atoms with Gasteiger partial charge in [0.05, 0.1) is 11.4 Å². The fourth-order valence-corrected chi connectivity index (χ4v) is 0. The summed E-state index contributed by atoms with van der Waals surface area (Å²) in [6, 6.07) is 0. The van der Waals surface area contributed by atoms with Crippen LogP contribution in [-0.4, -0.2) is 26.6 Å². The van der Waals surface area contributed by atoms with Gasteiger partial charge in [-0.25, -0.2) is 4.21 Å². The minimum Gasteiger partial charge on any atom is -0.784 e. The van der Waals surface area contributed by atoms with Gasteiger partial charge in [0.2, 0.25) is 0 Å². The van der Waals surface area contributed by atoms with Gasteiger partial charge < -0.3 is 18.2 Å². The van der Waals surface area contributed by atoms with Crippen molar-refractivity contribution in [2.45, 2.75) is 0 Å². The monoisotopic (exact) mass is 278 g/mol. The zero-order valence-electron chi connectivity index (χ0n) is 6.30. The first kappa shape index (κ1) is 29.8. The van der Waals surface area contributed by atoms with Crippen molar-refractivity contribution in [3.8, 4) is 0 Å². The van der Waals surface area contributed by atoms with Crippen LogP contribution in [0, 0.1) is 0 Å². The molecule has 0 bridgehead atoms. The minimum atomic E-state index is -3.11. The van der Waals surface area contributed by atoms with Gasteiger partial charge in [-0.15, -0.1) is 11.4 Å². The van der Waals surface area contributed by atoms with E-state index in [0.29, 0.717) is 0 Å². The first-order valence-electron chi connectivity index (χ1n) is 1.02. The van der Waals surface area contributed by atoms with Gasteiger partial charge in [-0.3, -0.25) is 4.21 Å². The SMILES string of the molecule is O=S([O-])O.O=S([O-])[O-].[K+].[K+].[K+]. The van der Waals surface area contributed by atoms with Gasteiger partial charge in [-0.1, -0.05) is 0 Å². The van der Waals surface area contributed by atoms with Gasteiger partial charge in [0, 0.05) is 0 Å². The van der Waals surface area contributed by atoms with Gasteiger partial charge in [-0.05, 0) is 0 Å². The Bertz CT molecular complexity index is 73.8. The first-order valence-corrected chi connectivity index (χ1v) is 3.05. The van der Waals surface area contributed by atoms with Gasteiger partial charge in [0.25, 0.3) is 0 Å². The molecule has 0 fully saturated rings. The molecule has 1 N–H and O–H groups in total. The maximum absolute atomic E-state index is 8.56. The van der Waals surface area contributed by atoms with Gasteiger partial charge in [0.15, 0.2) is 0 Å². The molecule has 0 aliphatic rings. The summed E-state index contributed by atoms with van der Waals surface area (Å²) < 4.78 is 49.4. The van der Waals surface area contributed by atoms with Crippen LogP contribution >= 0.6 is 0 Å². The third-order valence-corrected chi connectivity index (χ3v) is 0. The molecule has 11 heteroatoms. The molecule has 1 unspecified atom stereocenters. The van der Waals surface area contributed by atoms with Crippen LogP contribution < -0.4 is 154 Å². The van der Waals surface area contributed by atoms with Crippen molar-refractivity contribution in [3.63, 3.8) is 0 Å². The van der Waals surface area contributed by atoms with E-state index >= 15 is 0 Å². The summed E-state index contributed by atoms with van der Waals surface area (Å²) in [5.41, 5.74) is 0. The topological polar surface area (TPSA) is 124 Å². The molecular weight excluding hydrogens is 277 g/mol. The zero-order chi connectivity index (χ0) is 7.15. The van der Waals surface area contributed by atoms with Crippen molar-refractivity contribution >= 4 is 22.7 Å². The zero-order valence-corrected chi connectivity index (χ0v) is 17.3. The molecule has 52 valence electrons. The van der Waals surface area contributed by atoms with Crippen molar-refractivity contribution in [2.75, 3.05) is 0 Å². The van der Waals surface area contributed by atoms with E-state index < -0.39 is 22.7 Å². The summed E-state index contributed by atoms with van der Waals surface area (Å²) in [5, 5.41) is 0. The van der Waals surface area contributed by atoms with Crippen LogP contribution in [0.3, 0.4) is 0 Å². The van der Waals surface area contributed by atoms with Gasteiger partial charge >= 0.3 is 154 Å². The fraction of sp³-hybridized carbons (Fsp3) is 0. The minimum absolute atomic E-state index is 0.